The SMILES string of the molecule is S.S.[Cu].[GaH3]. The second-order valence-corrected chi connectivity index (χ2v) is 0. The third-order valence-corrected chi connectivity index (χ3v) is 0. The summed E-state index contributed by atoms with van der Waals surface area (Å²) in [5.74, 6) is 0. The minimum absolute atomic E-state index is 0. The van der Waals surface area contributed by atoms with Gasteiger partial charge in [0.05, 0.1) is 0 Å². The van der Waals surface area contributed by atoms with E-state index in [1.54, 1.807) is 0 Å². The van der Waals surface area contributed by atoms with E-state index in [2.05, 4.69) is 0 Å². The maximum absolute atomic E-state index is 0. The Morgan fingerprint density at radius 3 is 0.750 bits per heavy atom. The van der Waals surface area contributed by atoms with Crippen LogP contribution in [0.2, 0.25) is 0 Å². The minimum atomic E-state index is 0. The van der Waals surface area contributed by atoms with E-state index in [9.17, 15) is 0 Å². The molecule has 0 bridgehead atoms. The van der Waals surface area contributed by atoms with Crippen LogP contribution < -0.4 is 0 Å². The molecule has 0 fully saturated rings. The van der Waals surface area contributed by atoms with Crippen molar-refractivity contribution in [2.75, 3.05) is 0 Å². The first-order chi connectivity index (χ1) is 0. The molecule has 0 nitrogen and oxygen atoms in total. The molecule has 0 aromatic heterocycles. The molecule has 0 atom stereocenters. The maximum atomic E-state index is 0. The van der Waals surface area contributed by atoms with E-state index in [0.717, 1.165) is 0 Å². The summed E-state index contributed by atoms with van der Waals surface area (Å²) < 4.78 is 0. The van der Waals surface area contributed by atoms with Crippen LogP contribution in [-0.4, -0.2) is 19.8 Å². The third kappa shape index (κ3) is 9.13. The summed E-state index contributed by atoms with van der Waals surface area (Å²) in [6.07, 6.45) is 0. The van der Waals surface area contributed by atoms with Crippen molar-refractivity contribution in [3.05, 3.63) is 0 Å². The molecule has 33 valence electrons. The van der Waals surface area contributed by atoms with Gasteiger partial charge in [-0.05, 0) is 0 Å². The zero-order chi connectivity index (χ0) is 0. The third-order valence-electron chi connectivity index (χ3n) is 0. The molecule has 0 unspecified atom stereocenters. The van der Waals surface area contributed by atoms with Crippen LogP contribution in [0.1, 0.15) is 0 Å². The van der Waals surface area contributed by atoms with Crippen molar-refractivity contribution in [2.45, 2.75) is 0 Å². The first kappa shape index (κ1) is 40.1. The monoisotopic (exact) mass is 203 g/mol. The standard InChI is InChI=1S/Cu.Ga.2H2S.3H/h;;2*1H2;;;. The number of hydrogen-bond donors (Lipinski definition) is 0. The molecule has 1 radical (unpaired) electrons. The average molecular weight is 204 g/mol. The molecule has 0 aromatic carbocycles. The Kier molecular flexibility index (Phi) is 210. The van der Waals surface area contributed by atoms with Crippen molar-refractivity contribution in [1.29, 1.82) is 0 Å². The van der Waals surface area contributed by atoms with Gasteiger partial charge in [-0.2, -0.15) is 27.0 Å². The van der Waals surface area contributed by atoms with Gasteiger partial charge in [0.1, 0.15) is 0 Å². The van der Waals surface area contributed by atoms with E-state index < -0.39 is 0 Å². The molecule has 0 aromatic rings. The summed E-state index contributed by atoms with van der Waals surface area (Å²) in [5, 5.41) is 0. The van der Waals surface area contributed by atoms with E-state index in [0.29, 0.717) is 0 Å². The van der Waals surface area contributed by atoms with Crippen LogP contribution in [0.4, 0.5) is 0 Å². The van der Waals surface area contributed by atoms with Crippen LogP contribution in [0, 0.1) is 0 Å². The first-order valence-electron chi connectivity index (χ1n) is 0. The molecular formula is H7CuGaS2. The van der Waals surface area contributed by atoms with E-state index in [4.69, 9.17) is 0 Å². The van der Waals surface area contributed by atoms with Crippen molar-refractivity contribution < 1.29 is 17.1 Å². The van der Waals surface area contributed by atoms with E-state index in [1.807, 2.05) is 0 Å². The summed E-state index contributed by atoms with van der Waals surface area (Å²) >= 11 is 0. The molecule has 0 saturated carbocycles. The van der Waals surface area contributed by atoms with Crippen LogP contribution in [0.5, 0.6) is 0 Å². The molecule has 4 heteroatoms. The second kappa shape index (κ2) is 21.0. The Labute approximate surface area is 63.5 Å². The molecule has 4 heavy (non-hydrogen) atoms. The fourth-order valence-electron chi connectivity index (χ4n) is 0. The fourth-order valence-corrected chi connectivity index (χ4v) is 0. The van der Waals surface area contributed by atoms with Crippen molar-refractivity contribution in [3.8, 4) is 0 Å². The number of hydrogen-bond acceptors (Lipinski definition) is 0. The van der Waals surface area contributed by atoms with Crippen molar-refractivity contribution >= 4 is 46.8 Å². The van der Waals surface area contributed by atoms with Gasteiger partial charge in [-0.15, -0.1) is 0 Å². The topological polar surface area (TPSA) is 0 Å². The zero-order valence-electron chi connectivity index (χ0n) is 1.30. The Bertz CT molecular complexity index is 6.00. The molecule has 0 spiro atoms. The molecule has 0 aliphatic rings. The Balaban J connectivity index is 0. The van der Waals surface area contributed by atoms with Gasteiger partial charge in [-0.25, -0.2) is 0 Å². The Morgan fingerprint density at radius 1 is 0.750 bits per heavy atom. The van der Waals surface area contributed by atoms with Crippen LogP contribution in [0.25, 0.3) is 0 Å². The van der Waals surface area contributed by atoms with E-state index in [-0.39, 0.29) is 63.9 Å². The van der Waals surface area contributed by atoms with Gasteiger partial charge in [-0.3, -0.25) is 0 Å². The predicted molar refractivity (Wildman–Crippen MR) is 30.7 cm³/mol. The van der Waals surface area contributed by atoms with Crippen LogP contribution in [0.3, 0.4) is 0 Å². The quantitative estimate of drug-likeness (QED) is 0.446. The Morgan fingerprint density at radius 2 is 0.750 bits per heavy atom. The van der Waals surface area contributed by atoms with Gasteiger partial charge in [0.25, 0.3) is 0 Å². The van der Waals surface area contributed by atoms with Gasteiger partial charge in [-0.1, -0.05) is 0 Å². The van der Waals surface area contributed by atoms with Crippen LogP contribution in [0.15, 0.2) is 0 Å². The molecule has 0 aliphatic carbocycles. The van der Waals surface area contributed by atoms with Gasteiger partial charge >= 0.3 is 19.8 Å². The molecule has 0 heterocycles. The van der Waals surface area contributed by atoms with Crippen LogP contribution >= 0.6 is 27.0 Å². The summed E-state index contributed by atoms with van der Waals surface area (Å²) in [6, 6.07) is 0. The normalized spacial score (nSPS) is 0. The summed E-state index contributed by atoms with van der Waals surface area (Å²) in [4.78, 5) is 0. The average Bonchev–Trinajstić information content (AvgIpc) is 0. The number of rotatable bonds is 0. The molecule has 0 amide bonds. The molecule has 0 rings (SSSR count). The van der Waals surface area contributed by atoms with Gasteiger partial charge in [0.15, 0.2) is 0 Å². The first-order valence-corrected chi connectivity index (χ1v) is 0. The summed E-state index contributed by atoms with van der Waals surface area (Å²) in [6.45, 7) is 0. The van der Waals surface area contributed by atoms with Crippen molar-refractivity contribution in [1.82, 2.24) is 0 Å². The Hall–Kier alpha value is 1.86. The predicted octanol–water partition coefficient (Wildman–Crippen LogP) is -0.961. The molecular weight excluding hydrogens is 197 g/mol. The van der Waals surface area contributed by atoms with E-state index in [1.165, 1.54) is 0 Å². The molecule has 0 N–H and O–H groups in total. The van der Waals surface area contributed by atoms with Crippen LogP contribution in [-0.2, 0) is 17.1 Å². The van der Waals surface area contributed by atoms with Crippen molar-refractivity contribution in [2.24, 2.45) is 0 Å². The van der Waals surface area contributed by atoms with E-state index >= 15 is 0 Å². The summed E-state index contributed by atoms with van der Waals surface area (Å²) in [7, 11) is 0. The molecule has 0 saturated heterocycles. The van der Waals surface area contributed by atoms with Gasteiger partial charge in [0.2, 0.25) is 0 Å². The van der Waals surface area contributed by atoms with Gasteiger partial charge < -0.3 is 0 Å². The van der Waals surface area contributed by atoms with Crippen molar-refractivity contribution in [3.63, 3.8) is 0 Å². The molecule has 0 aliphatic heterocycles. The zero-order valence-corrected chi connectivity index (χ0v) is 4.24. The summed E-state index contributed by atoms with van der Waals surface area (Å²) in [5.41, 5.74) is 0. The fraction of sp³-hybridized carbons (Fsp3) is 0. The van der Waals surface area contributed by atoms with Gasteiger partial charge in [0, 0.05) is 17.1 Å². The second-order valence-electron chi connectivity index (χ2n) is 0.